The van der Waals surface area contributed by atoms with Crippen LogP contribution in [0, 0.1) is 6.92 Å². The molecule has 0 bridgehead atoms. The number of halogens is 2. The fourth-order valence-electron chi connectivity index (χ4n) is 1.80. The minimum atomic E-state index is 0.154. The zero-order chi connectivity index (χ0) is 13.1. The van der Waals surface area contributed by atoms with Crippen molar-refractivity contribution in [3.8, 4) is 0 Å². The van der Waals surface area contributed by atoms with Crippen LogP contribution in [-0.4, -0.2) is 16.6 Å². The maximum absolute atomic E-state index is 6.18. The first-order valence-corrected chi connectivity index (χ1v) is 7.04. The van der Waals surface area contributed by atoms with E-state index in [2.05, 4.69) is 14.9 Å². The molecule has 0 aliphatic carbocycles. The number of aryl methyl sites for hydroxylation is 1. The van der Waals surface area contributed by atoms with Gasteiger partial charge in [-0.1, -0.05) is 27.7 Å². The van der Waals surface area contributed by atoms with E-state index >= 15 is 0 Å². The van der Waals surface area contributed by atoms with E-state index in [1.807, 2.05) is 26.1 Å². The highest BCUT2D eigenvalue weighted by Crippen LogP contribution is 2.28. The number of aromatic nitrogens is 2. The summed E-state index contributed by atoms with van der Waals surface area (Å²) in [5, 5.41) is 8.73. The third kappa shape index (κ3) is 3.01. The summed E-state index contributed by atoms with van der Waals surface area (Å²) in [6, 6.07) is 5.67. The second-order valence-corrected chi connectivity index (χ2v) is 5.63. The van der Waals surface area contributed by atoms with E-state index in [0.29, 0.717) is 5.02 Å². The molecule has 1 aromatic heterocycles. The van der Waals surface area contributed by atoms with E-state index in [0.717, 1.165) is 27.6 Å². The molecule has 0 saturated carbocycles. The van der Waals surface area contributed by atoms with Crippen LogP contribution in [0.25, 0.3) is 0 Å². The van der Waals surface area contributed by atoms with Crippen LogP contribution in [0.4, 0.5) is 0 Å². The van der Waals surface area contributed by atoms with Gasteiger partial charge < -0.3 is 5.32 Å². The molecule has 0 aliphatic heterocycles. The molecular formula is C12H13Cl2N3S. The van der Waals surface area contributed by atoms with Gasteiger partial charge >= 0.3 is 0 Å². The highest BCUT2D eigenvalue weighted by Gasteiger charge is 2.17. The summed E-state index contributed by atoms with van der Waals surface area (Å²) in [5.41, 5.74) is 1.98. The second-order valence-electron chi connectivity index (χ2n) is 4.00. The Labute approximate surface area is 120 Å². The van der Waals surface area contributed by atoms with Crippen molar-refractivity contribution >= 4 is 34.7 Å². The Balaban J connectivity index is 2.26. The second kappa shape index (κ2) is 5.97. The minimum Gasteiger partial charge on any atom is -0.312 e. The molecule has 1 unspecified atom stereocenters. The number of benzene rings is 1. The fraction of sp³-hybridized carbons (Fsp3) is 0.333. The van der Waals surface area contributed by atoms with Crippen molar-refractivity contribution < 1.29 is 0 Å². The normalized spacial score (nSPS) is 12.7. The average Bonchev–Trinajstić information content (AvgIpc) is 2.77. The third-order valence-electron chi connectivity index (χ3n) is 2.78. The van der Waals surface area contributed by atoms with Crippen molar-refractivity contribution in [2.24, 2.45) is 0 Å². The van der Waals surface area contributed by atoms with Crippen LogP contribution in [-0.2, 0) is 6.42 Å². The van der Waals surface area contributed by atoms with E-state index in [-0.39, 0.29) is 6.04 Å². The zero-order valence-corrected chi connectivity index (χ0v) is 12.4. The lowest BCUT2D eigenvalue weighted by atomic mass is 10.0. The zero-order valence-electron chi connectivity index (χ0n) is 10.1. The quantitative estimate of drug-likeness (QED) is 0.936. The summed E-state index contributed by atoms with van der Waals surface area (Å²) in [5.74, 6) is 0. The van der Waals surface area contributed by atoms with Crippen LogP contribution in [0.15, 0.2) is 18.2 Å². The minimum absolute atomic E-state index is 0.154. The summed E-state index contributed by atoms with van der Waals surface area (Å²) in [4.78, 5) is 1.13. The van der Waals surface area contributed by atoms with Gasteiger partial charge in [0.25, 0.3) is 0 Å². The summed E-state index contributed by atoms with van der Waals surface area (Å²) < 4.78 is 3.96. The van der Waals surface area contributed by atoms with Gasteiger partial charge in [0.15, 0.2) is 0 Å². The van der Waals surface area contributed by atoms with Crippen molar-refractivity contribution in [1.29, 1.82) is 0 Å². The molecule has 0 aliphatic rings. The lowest BCUT2D eigenvalue weighted by molar-refractivity contribution is 0.598. The summed E-state index contributed by atoms with van der Waals surface area (Å²) in [6.07, 6.45) is 0.764. The smallest absolute Gasteiger partial charge is 0.0772 e. The SMILES string of the molecule is CNC(Cc1cc(Cl)ccc1Cl)c1snnc1C. The molecular weight excluding hydrogens is 289 g/mol. The molecule has 0 radical (unpaired) electrons. The summed E-state index contributed by atoms with van der Waals surface area (Å²) >= 11 is 13.6. The van der Waals surface area contributed by atoms with Gasteiger partial charge in [0.1, 0.15) is 0 Å². The van der Waals surface area contributed by atoms with Crippen LogP contribution in [0.5, 0.6) is 0 Å². The van der Waals surface area contributed by atoms with E-state index in [1.165, 1.54) is 11.5 Å². The van der Waals surface area contributed by atoms with Gasteiger partial charge in [-0.05, 0) is 55.7 Å². The molecule has 1 atom stereocenters. The van der Waals surface area contributed by atoms with Gasteiger partial charge in [-0.2, -0.15) is 0 Å². The monoisotopic (exact) mass is 301 g/mol. The predicted molar refractivity (Wildman–Crippen MR) is 76.6 cm³/mol. The van der Waals surface area contributed by atoms with Crippen molar-refractivity contribution in [3.63, 3.8) is 0 Å². The van der Waals surface area contributed by atoms with Crippen molar-refractivity contribution in [2.45, 2.75) is 19.4 Å². The van der Waals surface area contributed by atoms with Gasteiger partial charge in [0.05, 0.1) is 10.6 Å². The maximum atomic E-state index is 6.18. The molecule has 1 N–H and O–H groups in total. The highest BCUT2D eigenvalue weighted by molar-refractivity contribution is 7.05. The van der Waals surface area contributed by atoms with Crippen LogP contribution in [0.1, 0.15) is 22.2 Å². The first-order chi connectivity index (χ1) is 8.61. The fourth-order valence-corrected chi connectivity index (χ4v) is 2.94. The molecule has 2 rings (SSSR count). The Morgan fingerprint density at radius 3 is 2.78 bits per heavy atom. The molecule has 0 fully saturated rings. The Kier molecular flexibility index (Phi) is 4.56. The Morgan fingerprint density at radius 2 is 2.17 bits per heavy atom. The number of nitrogens with one attached hydrogen (secondary N) is 1. The number of hydrogen-bond donors (Lipinski definition) is 1. The van der Waals surface area contributed by atoms with Gasteiger partial charge in [-0.15, -0.1) is 5.10 Å². The maximum Gasteiger partial charge on any atom is 0.0772 e. The predicted octanol–water partition coefficient (Wildman–Crippen LogP) is 3.66. The molecule has 96 valence electrons. The largest absolute Gasteiger partial charge is 0.312 e. The van der Waals surface area contributed by atoms with Gasteiger partial charge in [-0.25, -0.2) is 0 Å². The van der Waals surface area contributed by atoms with E-state index < -0.39 is 0 Å². The Hall–Kier alpha value is -0.680. The molecule has 0 spiro atoms. The number of hydrogen-bond acceptors (Lipinski definition) is 4. The molecule has 3 nitrogen and oxygen atoms in total. The van der Waals surface area contributed by atoms with Crippen LogP contribution in [0.3, 0.4) is 0 Å². The number of likely N-dealkylation sites (N-methyl/N-ethyl adjacent to an activating group) is 1. The van der Waals surface area contributed by atoms with Crippen molar-refractivity contribution in [2.75, 3.05) is 7.05 Å². The molecule has 0 amide bonds. The first kappa shape index (κ1) is 13.7. The summed E-state index contributed by atoms with van der Waals surface area (Å²) in [6.45, 7) is 1.96. The lowest BCUT2D eigenvalue weighted by Crippen LogP contribution is -2.18. The lowest BCUT2D eigenvalue weighted by Gasteiger charge is -2.15. The average molecular weight is 302 g/mol. The first-order valence-electron chi connectivity index (χ1n) is 5.52. The standard InChI is InChI=1S/C12H13Cl2N3S/c1-7-12(18-17-16-7)11(15-2)6-8-5-9(13)3-4-10(8)14/h3-5,11,15H,6H2,1-2H3. The molecule has 1 aromatic carbocycles. The van der Waals surface area contributed by atoms with Crippen molar-refractivity contribution in [3.05, 3.63) is 44.4 Å². The molecule has 18 heavy (non-hydrogen) atoms. The topological polar surface area (TPSA) is 37.8 Å². The highest BCUT2D eigenvalue weighted by atomic mass is 35.5. The molecule has 2 aromatic rings. The van der Waals surface area contributed by atoms with E-state index in [9.17, 15) is 0 Å². The van der Waals surface area contributed by atoms with Crippen LogP contribution < -0.4 is 5.32 Å². The van der Waals surface area contributed by atoms with Crippen molar-refractivity contribution in [1.82, 2.24) is 14.9 Å². The number of rotatable bonds is 4. The third-order valence-corrected chi connectivity index (χ3v) is 4.33. The van der Waals surface area contributed by atoms with Gasteiger partial charge in [0.2, 0.25) is 0 Å². The molecule has 6 heteroatoms. The van der Waals surface area contributed by atoms with Crippen LogP contribution in [0.2, 0.25) is 10.0 Å². The van der Waals surface area contributed by atoms with E-state index in [1.54, 1.807) is 6.07 Å². The van der Waals surface area contributed by atoms with Gasteiger partial charge in [-0.3, -0.25) is 0 Å². The Morgan fingerprint density at radius 1 is 1.39 bits per heavy atom. The van der Waals surface area contributed by atoms with E-state index in [4.69, 9.17) is 23.2 Å². The molecule has 1 heterocycles. The van der Waals surface area contributed by atoms with Crippen LogP contribution >= 0.6 is 34.7 Å². The Bertz CT molecular complexity index is 542. The van der Waals surface area contributed by atoms with Gasteiger partial charge in [0, 0.05) is 16.1 Å². The summed E-state index contributed by atoms with van der Waals surface area (Å²) in [7, 11) is 1.92. The number of nitrogens with zero attached hydrogens (tertiary/aromatic N) is 2. The molecule has 0 saturated heterocycles.